The number of hydrogen-bond donors (Lipinski definition) is 1. The lowest BCUT2D eigenvalue weighted by molar-refractivity contribution is -0.114. The fraction of sp³-hybridized carbons (Fsp3) is 0.318. The maximum absolute atomic E-state index is 13.5. The quantitative estimate of drug-likeness (QED) is 0.625. The minimum absolute atomic E-state index is 0.0696. The Hall–Kier alpha value is -3.11. The molecule has 1 N–H and O–H groups in total. The van der Waals surface area contributed by atoms with E-state index in [-0.39, 0.29) is 41.4 Å². The molecule has 0 spiro atoms. The van der Waals surface area contributed by atoms with E-state index in [9.17, 15) is 17.6 Å². The van der Waals surface area contributed by atoms with E-state index in [1.54, 1.807) is 37.3 Å². The van der Waals surface area contributed by atoms with Crippen molar-refractivity contribution in [1.82, 2.24) is 14.4 Å². The summed E-state index contributed by atoms with van der Waals surface area (Å²) in [6.07, 6.45) is 1.03. The van der Waals surface area contributed by atoms with Gasteiger partial charge in [-0.1, -0.05) is 17.3 Å². The Morgan fingerprint density at radius 1 is 1.19 bits per heavy atom. The number of sulfonamides is 1. The van der Waals surface area contributed by atoms with Crippen LogP contribution in [-0.2, 0) is 14.8 Å². The van der Waals surface area contributed by atoms with Crippen molar-refractivity contribution in [2.75, 3.05) is 18.4 Å². The molecule has 1 saturated heterocycles. The zero-order chi connectivity index (χ0) is 22.9. The summed E-state index contributed by atoms with van der Waals surface area (Å²) in [5.41, 5.74) is 1.54. The summed E-state index contributed by atoms with van der Waals surface area (Å²) in [7, 11) is -3.80. The number of aryl methyl sites for hydroxylation is 1. The van der Waals surface area contributed by atoms with Crippen molar-refractivity contribution in [2.24, 2.45) is 0 Å². The van der Waals surface area contributed by atoms with Gasteiger partial charge in [0.2, 0.25) is 15.9 Å². The first-order chi connectivity index (χ1) is 15.2. The number of rotatable bonds is 5. The highest BCUT2D eigenvalue weighted by molar-refractivity contribution is 7.89. The van der Waals surface area contributed by atoms with Gasteiger partial charge in [-0.2, -0.15) is 9.29 Å². The van der Waals surface area contributed by atoms with Gasteiger partial charge < -0.3 is 9.84 Å². The number of benzene rings is 2. The van der Waals surface area contributed by atoms with Gasteiger partial charge in [0.25, 0.3) is 5.89 Å². The molecule has 0 atom stereocenters. The van der Waals surface area contributed by atoms with Crippen LogP contribution < -0.4 is 5.32 Å². The van der Waals surface area contributed by atoms with E-state index in [1.165, 1.54) is 23.4 Å². The molecule has 2 heterocycles. The highest BCUT2D eigenvalue weighted by Gasteiger charge is 2.33. The molecule has 0 radical (unpaired) electrons. The third-order valence-electron chi connectivity index (χ3n) is 5.40. The average molecular weight is 459 g/mol. The van der Waals surface area contributed by atoms with E-state index >= 15 is 0 Å². The van der Waals surface area contributed by atoms with Crippen LogP contribution in [-0.4, -0.2) is 41.9 Å². The molecule has 4 rings (SSSR count). The molecular formula is C22H23FN4O4S. The van der Waals surface area contributed by atoms with Gasteiger partial charge in [-0.15, -0.1) is 0 Å². The van der Waals surface area contributed by atoms with Gasteiger partial charge in [-0.25, -0.2) is 12.8 Å². The van der Waals surface area contributed by atoms with Crippen molar-refractivity contribution in [3.05, 3.63) is 59.7 Å². The molecule has 2 aromatic carbocycles. The van der Waals surface area contributed by atoms with Crippen LogP contribution in [0.25, 0.3) is 11.5 Å². The van der Waals surface area contributed by atoms with E-state index in [0.29, 0.717) is 24.2 Å². The molecule has 8 nitrogen and oxygen atoms in total. The maximum Gasteiger partial charge on any atom is 0.258 e. The molecular weight excluding hydrogens is 435 g/mol. The van der Waals surface area contributed by atoms with Crippen molar-refractivity contribution >= 4 is 21.6 Å². The summed E-state index contributed by atoms with van der Waals surface area (Å²) in [4.78, 5) is 16.0. The lowest BCUT2D eigenvalue weighted by Gasteiger charge is -2.30. The van der Waals surface area contributed by atoms with Crippen LogP contribution in [0.1, 0.15) is 37.1 Å². The number of carbonyl (C=O) groups is 1. The van der Waals surface area contributed by atoms with Crippen LogP contribution in [0.2, 0.25) is 0 Å². The van der Waals surface area contributed by atoms with Crippen molar-refractivity contribution in [1.29, 1.82) is 0 Å². The zero-order valence-corrected chi connectivity index (χ0v) is 18.5. The van der Waals surface area contributed by atoms with Crippen molar-refractivity contribution in [3.8, 4) is 11.5 Å². The first-order valence-corrected chi connectivity index (χ1v) is 11.7. The molecule has 10 heteroatoms. The molecule has 0 bridgehead atoms. The normalized spacial score (nSPS) is 15.6. The minimum atomic E-state index is -3.80. The second kappa shape index (κ2) is 8.79. The van der Waals surface area contributed by atoms with E-state index in [4.69, 9.17) is 4.52 Å². The average Bonchev–Trinajstić information content (AvgIpc) is 3.25. The van der Waals surface area contributed by atoms with Gasteiger partial charge in [0.15, 0.2) is 5.82 Å². The van der Waals surface area contributed by atoms with Gasteiger partial charge in [-0.3, -0.25) is 4.79 Å². The predicted molar refractivity (Wildman–Crippen MR) is 116 cm³/mol. The molecule has 168 valence electrons. The molecule has 0 unspecified atom stereocenters. The van der Waals surface area contributed by atoms with Crippen molar-refractivity contribution in [2.45, 2.75) is 37.5 Å². The molecule has 1 aliphatic heterocycles. The predicted octanol–water partition coefficient (Wildman–Crippen LogP) is 3.71. The maximum atomic E-state index is 13.5. The van der Waals surface area contributed by atoms with Crippen LogP contribution in [0, 0.1) is 12.7 Å². The van der Waals surface area contributed by atoms with E-state index < -0.39 is 15.8 Å². The number of amides is 1. The highest BCUT2D eigenvalue weighted by Crippen LogP contribution is 2.33. The summed E-state index contributed by atoms with van der Waals surface area (Å²) in [5, 5.41) is 6.62. The minimum Gasteiger partial charge on any atom is -0.334 e. The third kappa shape index (κ3) is 4.56. The smallest absolute Gasteiger partial charge is 0.258 e. The van der Waals surface area contributed by atoms with Gasteiger partial charge in [0.05, 0.1) is 5.69 Å². The first kappa shape index (κ1) is 22.1. The number of nitrogens with zero attached hydrogens (tertiary/aromatic N) is 3. The molecule has 0 aliphatic carbocycles. The van der Waals surface area contributed by atoms with Crippen molar-refractivity contribution in [3.63, 3.8) is 0 Å². The highest BCUT2D eigenvalue weighted by atomic mass is 32.2. The molecule has 3 aromatic rings. The van der Waals surface area contributed by atoms with Crippen LogP contribution in [0.3, 0.4) is 0 Å². The van der Waals surface area contributed by atoms with Crippen molar-refractivity contribution < 1.29 is 22.1 Å². The number of anilines is 1. The van der Waals surface area contributed by atoms with E-state index in [1.807, 2.05) is 0 Å². The van der Waals surface area contributed by atoms with Crippen LogP contribution >= 0.6 is 0 Å². The number of aromatic nitrogens is 2. The van der Waals surface area contributed by atoms with E-state index in [0.717, 1.165) is 5.56 Å². The summed E-state index contributed by atoms with van der Waals surface area (Å²) < 4.78 is 46.7. The van der Waals surface area contributed by atoms with Crippen LogP contribution in [0.4, 0.5) is 10.1 Å². The second-order valence-corrected chi connectivity index (χ2v) is 9.73. The Bertz CT molecular complexity index is 1250. The molecule has 1 amide bonds. The Morgan fingerprint density at radius 3 is 2.62 bits per heavy atom. The number of hydrogen-bond acceptors (Lipinski definition) is 6. The standard InChI is InChI=1S/C22H23FN4O4S/c1-14-6-7-19(24-15(2)28)20(12-14)32(29,30)27-10-8-16(9-11-27)21-25-22(31-26-21)17-4-3-5-18(23)13-17/h3-7,12-13,16H,8-11H2,1-2H3,(H,24,28). The monoisotopic (exact) mass is 458 g/mol. The summed E-state index contributed by atoms with van der Waals surface area (Å²) >= 11 is 0. The largest absolute Gasteiger partial charge is 0.334 e. The van der Waals surface area contributed by atoms with Gasteiger partial charge in [0.1, 0.15) is 10.7 Å². The fourth-order valence-electron chi connectivity index (χ4n) is 3.77. The summed E-state index contributed by atoms with van der Waals surface area (Å²) in [5.74, 6) is -0.0874. The molecule has 1 fully saturated rings. The number of halogens is 1. The molecule has 1 aromatic heterocycles. The molecule has 0 saturated carbocycles. The Morgan fingerprint density at radius 2 is 1.94 bits per heavy atom. The molecule has 1 aliphatic rings. The Balaban J connectivity index is 1.49. The topological polar surface area (TPSA) is 105 Å². The van der Waals surface area contributed by atoms with Crippen LogP contribution in [0.5, 0.6) is 0 Å². The number of carbonyl (C=O) groups excluding carboxylic acids is 1. The van der Waals surface area contributed by atoms with Crippen LogP contribution in [0.15, 0.2) is 51.9 Å². The SMILES string of the molecule is CC(=O)Nc1ccc(C)cc1S(=O)(=O)N1CCC(c2noc(-c3cccc(F)c3)n2)CC1. The van der Waals surface area contributed by atoms with E-state index in [2.05, 4.69) is 15.5 Å². The fourth-order valence-corrected chi connectivity index (χ4v) is 5.47. The van der Waals surface area contributed by atoms with Gasteiger partial charge in [0, 0.05) is 31.5 Å². The lowest BCUT2D eigenvalue weighted by atomic mass is 9.97. The zero-order valence-electron chi connectivity index (χ0n) is 17.7. The van der Waals surface area contributed by atoms with Gasteiger partial charge >= 0.3 is 0 Å². The number of piperidine rings is 1. The van der Waals surface area contributed by atoms with Gasteiger partial charge in [-0.05, 0) is 55.7 Å². The summed E-state index contributed by atoms with van der Waals surface area (Å²) in [6.45, 7) is 3.70. The first-order valence-electron chi connectivity index (χ1n) is 10.2. The third-order valence-corrected chi connectivity index (χ3v) is 7.34. The summed E-state index contributed by atoms with van der Waals surface area (Å²) in [6, 6.07) is 10.8. The molecule has 32 heavy (non-hydrogen) atoms. The lowest BCUT2D eigenvalue weighted by Crippen LogP contribution is -2.38. The Labute approximate surface area is 185 Å². The second-order valence-electron chi connectivity index (χ2n) is 7.83. The number of nitrogens with one attached hydrogen (secondary N) is 1. The Kier molecular flexibility index (Phi) is 6.07.